The van der Waals surface area contributed by atoms with Gasteiger partial charge in [0.15, 0.2) is 0 Å². The first-order chi connectivity index (χ1) is 15.2. The highest BCUT2D eigenvalue weighted by molar-refractivity contribution is 7.93. The Morgan fingerprint density at radius 3 is 2.62 bits per heavy atom. The molecule has 0 aromatic heterocycles. The van der Waals surface area contributed by atoms with Gasteiger partial charge in [-0.3, -0.25) is 9.52 Å². The Hall–Kier alpha value is -2.65. The molecule has 0 radical (unpaired) electrons. The van der Waals surface area contributed by atoms with Gasteiger partial charge in [0, 0.05) is 25.4 Å². The van der Waals surface area contributed by atoms with Gasteiger partial charge in [0.1, 0.15) is 17.3 Å². The van der Waals surface area contributed by atoms with E-state index in [2.05, 4.69) is 4.72 Å². The SMILES string of the molecule is CC(C)Oc1ccc(NS(=O)(=O)CC(=O)N(Cc2cccc(F)c2)CC2CCCO2)cc1. The van der Waals surface area contributed by atoms with Crippen molar-refractivity contribution in [2.75, 3.05) is 23.6 Å². The maximum absolute atomic E-state index is 13.6. The van der Waals surface area contributed by atoms with Crippen molar-refractivity contribution in [3.05, 3.63) is 59.9 Å². The number of halogens is 1. The molecule has 174 valence electrons. The zero-order valence-electron chi connectivity index (χ0n) is 18.3. The van der Waals surface area contributed by atoms with Crippen molar-refractivity contribution < 1.29 is 27.1 Å². The first kappa shape index (κ1) is 24.0. The Morgan fingerprint density at radius 1 is 1.25 bits per heavy atom. The molecule has 1 unspecified atom stereocenters. The summed E-state index contributed by atoms with van der Waals surface area (Å²) >= 11 is 0. The van der Waals surface area contributed by atoms with Crippen LogP contribution in [0.25, 0.3) is 0 Å². The molecule has 1 aliphatic rings. The molecule has 2 aromatic carbocycles. The van der Waals surface area contributed by atoms with Crippen molar-refractivity contribution in [3.63, 3.8) is 0 Å². The molecule has 7 nitrogen and oxygen atoms in total. The minimum Gasteiger partial charge on any atom is -0.491 e. The van der Waals surface area contributed by atoms with Gasteiger partial charge in [0.2, 0.25) is 15.9 Å². The molecular weight excluding hydrogens is 435 g/mol. The van der Waals surface area contributed by atoms with E-state index in [4.69, 9.17) is 9.47 Å². The largest absolute Gasteiger partial charge is 0.491 e. The van der Waals surface area contributed by atoms with E-state index >= 15 is 0 Å². The van der Waals surface area contributed by atoms with Crippen LogP contribution in [-0.4, -0.2) is 50.3 Å². The van der Waals surface area contributed by atoms with E-state index in [1.165, 1.54) is 17.0 Å². The summed E-state index contributed by atoms with van der Waals surface area (Å²) in [5, 5.41) is 0. The third-order valence-corrected chi connectivity index (χ3v) is 6.05. The summed E-state index contributed by atoms with van der Waals surface area (Å²) in [4.78, 5) is 14.4. The van der Waals surface area contributed by atoms with Gasteiger partial charge < -0.3 is 14.4 Å². The normalized spacial score (nSPS) is 16.2. The third-order valence-electron chi connectivity index (χ3n) is 4.88. The lowest BCUT2D eigenvalue weighted by Crippen LogP contribution is -2.41. The number of benzene rings is 2. The second-order valence-electron chi connectivity index (χ2n) is 8.09. The Kier molecular flexibility index (Phi) is 8.09. The number of carbonyl (C=O) groups is 1. The molecule has 1 amide bonds. The van der Waals surface area contributed by atoms with Crippen LogP contribution >= 0.6 is 0 Å². The van der Waals surface area contributed by atoms with E-state index in [0.717, 1.165) is 12.8 Å². The van der Waals surface area contributed by atoms with Crippen molar-refractivity contribution in [2.24, 2.45) is 0 Å². The molecule has 9 heteroatoms. The zero-order valence-corrected chi connectivity index (χ0v) is 19.1. The molecule has 2 aromatic rings. The quantitative estimate of drug-likeness (QED) is 0.581. The smallest absolute Gasteiger partial charge is 0.241 e. The van der Waals surface area contributed by atoms with Gasteiger partial charge >= 0.3 is 0 Å². The zero-order chi connectivity index (χ0) is 23.1. The molecule has 3 rings (SSSR count). The minimum atomic E-state index is -3.95. The lowest BCUT2D eigenvalue weighted by atomic mass is 10.2. The predicted molar refractivity (Wildman–Crippen MR) is 120 cm³/mol. The van der Waals surface area contributed by atoms with Gasteiger partial charge in [-0.1, -0.05) is 12.1 Å². The topological polar surface area (TPSA) is 84.9 Å². The summed E-state index contributed by atoms with van der Waals surface area (Å²) in [6.07, 6.45) is 1.53. The van der Waals surface area contributed by atoms with Crippen molar-refractivity contribution in [1.29, 1.82) is 0 Å². The van der Waals surface area contributed by atoms with Crippen LogP contribution in [0.5, 0.6) is 5.75 Å². The van der Waals surface area contributed by atoms with Gasteiger partial charge in [0.25, 0.3) is 0 Å². The van der Waals surface area contributed by atoms with Crippen molar-refractivity contribution in [3.8, 4) is 5.75 Å². The van der Waals surface area contributed by atoms with Crippen LogP contribution in [0, 0.1) is 5.82 Å². The lowest BCUT2D eigenvalue weighted by Gasteiger charge is -2.26. The molecule has 1 heterocycles. The second-order valence-corrected chi connectivity index (χ2v) is 9.81. The summed E-state index contributed by atoms with van der Waals surface area (Å²) in [5.74, 6) is -1.08. The number of ether oxygens (including phenoxy) is 2. The standard InChI is InChI=1S/C23H29FN2O5S/c1-17(2)31-21-10-8-20(9-11-21)25-32(28,29)16-23(27)26(15-22-7-4-12-30-22)14-18-5-3-6-19(24)13-18/h3,5-6,8-11,13,17,22,25H,4,7,12,14-16H2,1-2H3. The average molecular weight is 465 g/mol. The van der Waals surface area contributed by atoms with Crippen molar-refractivity contribution in [2.45, 2.75) is 45.4 Å². The monoisotopic (exact) mass is 464 g/mol. The summed E-state index contributed by atoms with van der Waals surface area (Å²) in [5.41, 5.74) is 0.923. The number of sulfonamides is 1. The van der Waals surface area contributed by atoms with E-state index in [1.54, 1.807) is 36.4 Å². The van der Waals surface area contributed by atoms with Gasteiger partial charge in [0.05, 0.1) is 12.2 Å². The molecule has 1 N–H and O–H groups in total. The Labute approximate surface area is 188 Å². The Morgan fingerprint density at radius 2 is 2.00 bits per heavy atom. The molecule has 32 heavy (non-hydrogen) atoms. The number of anilines is 1. The second kappa shape index (κ2) is 10.8. The van der Waals surface area contributed by atoms with Crippen LogP contribution in [0.4, 0.5) is 10.1 Å². The van der Waals surface area contributed by atoms with E-state index in [9.17, 15) is 17.6 Å². The lowest BCUT2D eigenvalue weighted by molar-refractivity contribution is -0.130. The number of hydrogen-bond acceptors (Lipinski definition) is 5. The highest BCUT2D eigenvalue weighted by Gasteiger charge is 2.26. The maximum atomic E-state index is 13.6. The van der Waals surface area contributed by atoms with Crippen LogP contribution in [0.3, 0.4) is 0 Å². The maximum Gasteiger partial charge on any atom is 0.241 e. The molecule has 0 aliphatic carbocycles. The van der Waals surface area contributed by atoms with Gasteiger partial charge in [-0.2, -0.15) is 0 Å². The number of hydrogen-bond donors (Lipinski definition) is 1. The van der Waals surface area contributed by atoms with Crippen molar-refractivity contribution >= 4 is 21.6 Å². The first-order valence-corrected chi connectivity index (χ1v) is 12.3. The number of carbonyl (C=O) groups excluding carboxylic acids is 1. The molecule has 1 saturated heterocycles. The molecular formula is C23H29FN2O5S. The van der Waals surface area contributed by atoms with E-state index in [0.29, 0.717) is 23.6 Å². The van der Waals surface area contributed by atoms with Gasteiger partial charge in [-0.05, 0) is 68.7 Å². The fourth-order valence-electron chi connectivity index (χ4n) is 3.49. The predicted octanol–water partition coefficient (Wildman–Crippen LogP) is 3.56. The number of rotatable bonds is 10. The summed E-state index contributed by atoms with van der Waals surface area (Å²) in [6, 6.07) is 12.4. The average Bonchev–Trinajstić information content (AvgIpc) is 3.21. The summed E-state index contributed by atoms with van der Waals surface area (Å²) in [7, 11) is -3.95. The van der Waals surface area contributed by atoms with Gasteiger partial charge in [-0.25, -0.2) is 12.8 Å². The highest BCUT2D eigenvalue weighted by Crippen LogP contribution is 2.19. The third kappa shape index (κ3) is 7.49. The molecule has 0 spiro atoms. The van der Waals surface area contributed by atoms with Crippen LogP contribution in [0.15, 0.2) is 48.5 Å². The van der Waals surface area contributed by atoms with E-state index < -0.39 is 27.5 Å². The molecule has 0 saturated carbocycles. The minimum absolute atomic E-state index is 0.00285. The molecule has 0 bridgehead atoms. The van der Waals surface area contributed by atoms with Gasteiger partial charge in [-0.15, -0.1) is 0 Å². The Balaban J connectivity index is 1.67. The molecule has 1 aliphatic heterocycles. The fourth-order valence-corrected chi connectivity index (χ4v) is 4.56. The van der Waals surface area contributed by atoms with Crippen LogP contribution in [0.1, 0.15) is 32.3 Å². The van der Waals surface area contributed by atoms with E-state index in [1.807, 2.05) is 13.8 Å². The Bertz CT molecular complexity index is 1010. The molecule has 1 fully saturated rings. The van der Waals surface area contributed by atoms with Crippen LogP contribution in [0.2, 0.25) is 0 Å². The number of nitrogens with zero attached hydrogens (tertiary/aromatic N) is 1. The fraction of sp³-hybridized carbons (Fsp3) is 0.435. The van der Waals surface area contributed by atoms with E-state index in [-0.39, 0.29) is 25.3 Å². The van der Waals surface area contributed by atoms with Crippen LogP contribution < -0.4 is 9.46 Å². The summed E-state index contributed by atoms with van der Waals surface area (Å²) < 4.78 is 52.5. The summed E-state index contributed by atoms with van der Waals surface area (Å²) in [6.45, 7) is 4.77. The highest BCUT2D eigenvalue weighted by atomic mass is 32.2. The van der Waals surface area contributed by atoms with Crippen LogP contribution in [-0.2, 0) is 26.1 Å². The number of amides is 1. The van der Waals surface area contributed by atoms with Crippen molar-refractivity contribution in [1.82, 2.24) is 4.90 Å². The number of nitrogens with one attached hydrogen (secondary N) is 1. The molecule has 1 atom stereocenters. The first-order valence-electron chi connectivity index (χ1n) is 10.6.